The first kappa shape index (κ1) is 20.2. The van der Waals surface area contributed by atoms with E-state index in [1.807, 2.05) is 6.08 Å². The molecule has 1 fully saturated rings. The minimum atomic E-state index is -0.0183. The molecule has 0 aromatic heterocycles. The zero-order valence-electron chi connectivity index (χ0n) is 16.0. The third-order valence-corrected chi connectivity index (χ3v) is 5.01. The summed E-state index contributed by atoms with van der Waals surface area (Å²) in [7, 11) is 0. The predicted molar refractivity (Wildman–Crippen MR) is 97.6 cm³/mol. The number of piperidine rings is 1. The van der Waals surface area contributed by atoms with Crippen LogP contribution in [0.3, 0.4) is 0 Å². The van der Waals surface area contributed by atoms with Gasteiger partial charge in [-0.2, -0.15) is 0 Å². The Bertz CT molecular complexity index is 369. The molecule has 1 aliphatic heterocycles. The third-order valence-electron chi connectivity index (χ3n) is 5.01. The highest BCUT2D eigenvalue weighted by Gasteiger charge is 2.45. The lowest BCUT2D eigenvalue weighted by molar-refractivity contribution is -0.159. The van der Waals surface area contributed by atoms with Crippen LogP contribution in [0.15, 0.2) is 12.7 Å². The standard InChI is InChI=1S/C20H37NO2/c1-7-9-10-11-12-13-18(22)23-17-15-19(3,4)21(14-8-2)20(5,6)16-17/h8,17H,2,7,9-16H2,1,3-6H3. The van der Waals surface area contributed by atoms with Gasteiger partial charge in [0.25, 0.3) is 0 Å². The average Bonchev–Trinajstić information content (AvgIpc) is 2.41. The van der Waals surface area contributed by atoms with Gasteiger partial charge in [-0.25, -0.2) is 0 Å². The van der Waals surface area contributed by atoms with Gasteiger partial charge in [0.05, 0.1) is 0 Å². The Morgan fingerprint density at radius 3 is 2.22 bits per heavy atom. The van der Waals surface area contributed by atoms with Gasteiger partial charge in [-0.3, -0.25) is 9.69 Å². The van der Waals surface area contributed by atoms with E-state index >= 15 is 0 Å². The van der Waals surface area contributed by atoms with Crippen molar-refractivity contribution in [3.63, 3.8) is 0 Å². The van der Waals surface area contributed by atoms with Crippen molar-refractivity contribution in [2.75, 3.05) is 6.54 Å². The Labute approximate surface area is 143 Å². The highest BCUT2D eigenvalue weighted by molar-refractivity contribution is 5.69. The number of esters is 1. The fourth-order valence-corrected chi connectivity index (χ4v) is 4.05. The van der Waals surface area contributed by atoms with Crippen LogP contribution in [0.4, 0.5) is 0 Å². The van der Waals surface area contributed by atoms with Crippen molar-refractivity contribution in [2.24, 2.45) is 0 Å². The second-order valence-electron chi connectivity index (χ2n) is 8.21. The van der Waals surface area contributed by atoms with Gasteiger partial charge in [0.2, 0.25) is 0 Å². The Balaban J connectivity index is 2.49. The van der Waals surface area contributed by atoms with E-state index in [0.717, 1.165) is 32.2 Å². The zero-order valence-corrected chi connectivity index (χ0v) is 16.0. The van der Waals surface area contributed by atoms with Gasteiger partial charge in [-0.15, -0.1) is 6.58 Å². The van der Waals surface area contributed by atoms with Gasteiger partial charge < -0.3 is 4.74 Å². The molecule has 1 rings (SSSR count). The van der Waals surface area contributed by atoms with E-state index in [1.165, 1.54) is 19.3 Å². The lowest BCUT2D eigenvalue weighted by Crippen LogP contribution is -2.62. The van der Waals surface area contributed by atoms with Gasteiger partial charge in [-0.05, 0) is 34.1 Å². The van der Waals surface area contributed by atoms with Crippen LogP contribution in [0.25, 0.3) is 0 Å². The maximum absolute atomic E-state index is 12.1. The fourth-order valence-electron chi connectivity index (χ4n) is 4.05. The first-order valence-corrected chi connectivity index (χ1v) is 9.31. The molecular formula is C20H37NO2. The molecule has 0 unspecified atom stereocenters. The Hall–Kier alpha value is -0.830. The molecule has 0 amide bonds. The highest BCUT2D eigenvalue weighted by Crippen LogP contribution is 2.39. The summed E-state index contributed by atoms with van der Waals surface area (Å²) >= 11 is 0. The number of ether oxygens (including phenoxy) is 1. The average molecular weight is 324 g/mol. The van der Waals surface area contributed by atoms with Crippen LogP contribution in [0, 0.1) is 0 Å². The number of carbonyl (C=O) groups is 1. The number of nitrogens with zero attached hydrogens (tertiary/aromatic N) is 1. The van der Waals surface area contributed by atoms with Crippen molar-refractivity contribution in [3.8, 4) is 0 Å². The maximum atomic E-state index is 12.1. The largest absolute Gasteiger partial charge is 0.462 e. The molecule has 0 aromatic rings. The van der Waals surface area contributed by atoms with Crippen molar-refractivity contribution in [2.45, 2.75) is 103 Å². The van der Waals surface area contributed by atoms with E-state index < -0.39 is 0 Å². The minimum Gasteiger partial charge on any atom is -0.462 e. The van der Waals surface area contributed by atoms with Crippen molar-refractivity contribution in [1.29, 1.82) is 0 Å². The van der Waals surface area contributed by atoms with Crippen molar-refractivity contribution >= 4 is 5.97 Å². The van der Waals surface area contributed by atoms with Gasteiger partial charge in [0.1, 0.15) is 6.10 Å². The molecule has 0 aromatic carbocycles. The van der Waals surface area contributed by atoms with E-state index in [9.17, 15) is 4.79 Å². The van der Waals surface area contributed by atoms with E-state index in [-0.39, 0.29) is 23.2 Å². The number of unbranched alkanes of at least 4 members (excludes halogenated alkanes) is 4. The molecular weight excluding hydrogens is 286 g/mol. The molecule has 0 saturated carbocycles. The van der Waals surface area contributed by atoms with Crippen molar-refractivity contribution in [1.82, 2.24) is 4.90 Å². The summed E-state index contributed by atoms with van der Waals surface area (Å²) in [6.07, 6.45) is 10.2. The lowest BCUT2D eigenvalue weighted by Gasteiger charge is -2.54. The summed E-state index contributed by atoms with van der Waals surface area (Å²) in [5.41, 5.74) is 0.0318. The molecule has 3 heteroatoms. The smallest absolute Gasteiger partial charge is 0.306 e. The van der Waals surface area contributed by atoms with Gasteiger partial charge in [0, 0.05) is 36.9 Å². The highest BCUT2D eigenvalue weighted by atomic mass is 16.5. The van der Waals surface area contributed by atoms with Gasteiger partial charge >= 0.3 is 5.97 Å². The molecule has 1 saturated heterocycles. The van der Waals surface area contributed by atoms with Crippen molar-refractivity contribution < 1.29 is 9.53 Å². The topological polar surface area (TPSA) is 29.5 Å². The molecule has 1 heterocycles. The molecule has 0 N–H and O–H groups in total. The van der Waals surface area contributed by atoms with E-state index in [1.54, 1.807) is 0 Å². The second kappa shape index (κ2) is 8.86. The monoisotopic (exact) mass is 323 g/mol. The Morgan fingerprint density at radius 1 is 1.13 bits per heavy atom. The summed E-state index contributed by atoms with van der Waals surface area (Å²) < 4.78 is 5.80. The first-order chi connectivity index (χ1) is 10.7. The summed E-state index contributed by atoms with van der Waals surface area (Å²) in [5, 5.41) is 0. The first-order valence-electron chi connectivity index (χ1n) is 9.31. The van der Waals surface area contributed by atoms with E-state index in [4.69, 9.17) is 4.74 Å². The predicted octanol–water partition coefficient (Wildman–Crippen LogP) is 5.10. The van der Waals surface area contributed by atoms with Crippen LogP contribution < -0.4 is 0 Å². The van der Waals surface area contributed by atoms with Gasteiger partial charge in [0.15, 0.2) is 0 Å². The SMILES string of the molecule is C=CCN1C(C)(C)CC(OC(=O)CCCCCCC)CC1(C)C. The summed E-state index contributed by atoms with van der Waals surface area (Å²) in [4.78, 5) is 14.6. The van der Waals surface area contributed by atoms with Crippen LogP contribution in [0.5, 0.6) is 0 Å². The molecule has 1 aliphatic rings. The molecule has 0 bridgehead atoms. The molecule has 134 valence electrons. The number of likely N-dealkylation sites (tertiary alicyclic amines) is 1. The van der Waals surface area contributed by atoms with E-state index in [0.29, 0.717) is 6.42 Å². The lowest BCUT2D eigenvalue weighted by atomic mass is 9.78. The summed E-state index contributed by atoms with van der Waals surface area (Å²) in [6.45, 7) is 15.9. The third kappa shape index (κ3) is 6.29. The maximum Gasteiger partial charge on any atom is 0.306 e. The van der Waals surface area contributed by atoms with Gasteiger partial charge in [-0.1, -0.05) is 38.7 Å². The quantitative estimate of drug-likeness (QED) is 0.336. The zero-order chi connectivity index (χ0) is 17.5. The fraction of sp³-hybridized carbons (Fsp3) is 0.850. The summed E-state index contributed by atoms with van der Waals surface area (Å²) in [5.74, 6) is -0.0183. The molecule has 0 atom stereocenters. The van der Waals surface area contributed by atoms with Crippen LogP contribution in [0.2, 0.25) is 0 Å². The van der Waals surface area contributed by atoms with Crippen molar-refractivity contribution in [3.05, 3.63) is 12.7 Å². The summed E-state index contributed by atoms with van der Waals surface area (Å²) in [6, 6.07) is 0. The normalized spacial score (nSPS) is 21.1. The molecule has 0 spiro atoms. The van der Waals surface area contributed by atoms with Crippen LogP contribution in [0.1, 0.15) is 86.0 Å². The van der Waals surface area contributed by atoms with Crippen LogP contribution >= 0.6 is 0 Å². The van der Waals surface area contributed by atoms with Crippen LogP contribution in [-0.4, -0.2) is 34.6 Å². The number of hydrogen-bond acceptors (Lipinski definition) is 3. The second-order valence-corrected chi connectivity index (χ2v) is 8.21. The molecule has 23 heavy (non-hydrogen) atoms. The molecule has 0 aliphatic carbocycles. The minimum absolute atomic E-state index is 0.0159. The number of rotatable bonds is 9. The van der Waals surface area contributed by atoms with E-state index in [2.05, 4.69) is 46.1 Å². The molecule has 3 nitrogen and oxygen atoms in total. The molecule has 0 radical (unpaired) electrons. The number of carbonyl (C=O) groups excluding carboxylic acids is 1. The Morgan fingerprint density at radius 2 is 1.70 bits per heavy atom. The number of hydrogen-bond donors (Lipinski definition) is 0. The van der Waals surface area contributed by atoms with Crippen LogP contribution in [-0.2, 0) is 9.53 Å². The Kier molecular flexibility index (Phi) is 7.79.